The molecule has 1 amide bonds. The van der Waals surface area contributed by atoms with Crippen LogP contribution in [0.15, 0.2) is 36.7 Å². The van der Waals surface area contributed by atoms with E-state index in [2.05, 4.69) is 20.6 Å². The zero-order valence-electron chi connectivity index (χ0n) is 19.2. The molecule has 4 N–H and O–H groups in total. The van der Waals surface area contributed by atoms with Gasteiger partial charge in [-0.05, 0) is 64.3 Å². The summed E-state index contributed by atoms with van der Waals surface area (Å²) in [5.74, 6) is -1.17. The minimum Gasteiger partial charge on any atom is -0.459 e. The summed E-state index contributed by atoms with van der Waals surface area (Å²) >= 11 is 0. The van der Waals surface area contributed by atoms with Gasteiger partial charge < -0.3 is 26.0 Å². The lowest BCUT2D eigenvalue weighted by Crippen LogP contribution is -2.46. The van der Waals surface area contributed by atoms with E-state index in [9.17, 15) is 9.59 Å². The fourth-order valence-electron chi connectivity index (χ4n) is 3.54. The zero-order valence-corrected chi connectivity index (χ0v) is 19.2. The number of ether oxygens (including phenoxy) is 1. The molecule has 2 aromatic rings. The van der Waals surface area contributed by atoms with E-state index in [1.54, 1.807) is 51.4 Å². The summed E-state index contributed by atoms with van der Waals surface area (Å²) in [5.41, 5.74) is 5.65. The van der Waals surface area contributed by atoms with Crippen molar-refractivity contribution in [3.05, 3.63) is 48.0 Å². The fourth-order valence-corrected chi connectivity index (χ4v) is 3.54. The number of aromatic nitrogens is 2. The molecule has 0 aliphatic carbocycles. The highest BCUT2D eigenvalue weighted by molar-refractivity contribution is 5.95. The molecule has 10 heteroatoms. The van der Waals surface area contributed by atoms with Crippen LogP contribution in [0, 0.1) is 5.82 Å². The van der Waals surface area contributed by atoms with Gasteiger partial charge in [0.15, 0.2) is 0 Å². The molecule has 1 aliphatic rings. The molecule has 3 rings (SSSR count). The number of carbonyl (C=O) groups is 2. The lowest BCUT2D eigenvalue weighted by atomic mass is 10.1. The number of nitrogens with two attached hydrogens (primary N) is 1. The molecule has 1 saturated heterocycles. The second-order valence-electron chi connectivity index (χ2n) is 8.94. The Morgan fingerprint density at radius 2 is 2.00 bits per heavy atom. The van der Waals surface area contributed by atoms with Crippen molar-refractivity contribution in [2.24, 2.45) is 5.73 Å². The number of carbonyl (C=O) groups excluding carboxylic acids is 2. The fraction of sp³-hybridized carbons (Fsp3) is 0.478. The maximum absolute atomic E-state index is 15.0. The van der Waals surface area contributed by atoms with Crippen molar-refractivity contribution in [3.8, 4) is 0 Å². The molecule has 2 heterocycles. The third-order valence-electron chi connectivity index (χ3n) is 5.08. The van der Waals surface area contributed by atoms with Gasteiger partial charge >= 0.3 is 5.97 Å². The number of rotatable bonds is 7. The first-order chi connectivity index (χ1) is 15.6. The van der Waals surface area contributed by atoms with Crippen LogP contribution >= 0.6 is 0 Å². The first-order valence-electron chi connectivity index (χ1n) is 11.0. The Bertz CT molecular complexity index is 966. The Balaban J connectivity index is 1.64. The molecule has 0 unspecified atom stereocenters. The molecule has 1 fully saturated rings. The van der Waals surface area contributed by atoms with Gasteiger partial charge in [-0.2, -0.15) is 0 Å². The summed E-state index contributed by atoms with van der Waals surface area (Å²) in [6, 6.07) is 5.04. The molecule has 0 saturated carbocycles. The third kappa shape index (κ3) is 6.85. The van der Waals surface area contributed by atoms with E-state index < -0.39 is 29.3 Å². The summed E-state index contributed by atoms with van der Waals surface area (Å²) in [5, 5.41) is 5.81. The molecular weight excluding hydrogens is 427 g/mol. The van der Waals surface area contributed by atoms with Crippen molar-refractivity contribution in [3.63, 3.8) is 0 Å². The van der Waals surface area contributed by atoms with Gasteiger partial charge in [-0.15, -0.1) is 0 Å². The molecule has 0 bridgehead atoms. The van der Waals surface area contributed by atoms with Crippen molar-refractivity contribution in [2.45, 2.75) is 57.8 Å². The van der Waals surface area contributed by atoms with E-state index in [0.717, 1.165) is 19.3 Å². The quantitative estimate of drug-likeness (QED) is 0.541. The molecule has 178 valence electrons. The van der Waals surface area contributed by atoms with Crippen molar-refractivity contribution in [2.75, 3.05) is 23.3 Å². The van der Waals surface area contributed by atoms with Crippen LogP contribution in [-0.2, 0) is 9.53 Å². The van der Waals surface area contributed by atoms with E-state index in [-0.39, 0.29) is 18.3 Å². The Morgan fingerprint density at radius 3 is 2.67 bits per heavy atom. The number of piperidine rings is 1. The molecule has 0 spiro atoms. The average molecular weight is 459 g/mol. The van der Waals surface area contributed by atoms with Crippen molar-refractivity contribution in [1.82, 2.24) is 15.3 Å². The van der Waals surface area contributed by atoms with Crippen LogP contribution in [0.25, 0.3) is 0 Å². The molecule has 2 atom stereocenters. The molecule has 1 aliphatic heterocycles. The van der Waals surface area contributed by atoms with Crippen LogP contribution in [-0.4, -0.2) is 52.7 Å². The first-order valence-corrected chi connectivity index (χ1v) is 11.0. The summed E-state index contributed by atoms with van der Waals surface area (Å²) in [6.45, 7) is 5.74. The Hall–Kier alpha value is -3.27. The van der Waals surface area contributed by atoms with Crippen molar-refractivity contribution >= 4 is 23.5 Å². The van der Waals surface area contributed by atoms with Crippen LogP contribution in [0.1, 0.15) is 50.4 Å². The van der Waals surface area contributed by atoms with Gasteiger partial charge in [0.2, 0.25) is 5.95 Å². The highest BCUT2D eigenvalue weighted by atomic mass is 19.1. The van der Waals surface area contributed by atoms with Gasteiger partial charge in [-0.25, -0.2) is 14.4 Å². The minimum absolute atomic E-state index is 0.119. The number of nitrogens with zero attached hydrogens (tertiary/aromatic N) is 3. The highest BCUT2D eigenvalue weighted by Gasteiger charge is 2.26. The maximum Gasteiger partial charge on any atom is 0.325 e. The number of nitrogens with one attached hydrogen (secondary N) is 2. The summed E-state index contributed by atoms with van der Waals surface area (Å²) < 4.78 is 20.2. The van der Waals surface area contributed by atoms with Crippen LogP contribution in [0.5, 0.6) is 0 Å². The number of benzene rings is 1. The number of hydrogen-bond donors (Lipinski definition) is 3. The topological polar surface area (TPSA) is 122 Å². The van der Waals surface area contributed by atoms with Crippen LogP contribution in [0.4, 0.5) is 16.0 Å². The Kier molecular flexibility index (Phi) is 7.80. The lowest BCUT2D eigenvalue weighted by molar-refractivity contribution is -0.156. The zero-order chi connectivity index (χ0) is 24.0. The maximum atomic E-state index is 15.0. The lowest BCUT2D eigenvalue weighted by Gasteiger charge is -2.38. The standard InChI is InChI=1S/C23H31FN6O3/c1-23(2,3)33-21(32)17(25)14-28-20(31)15-8-9-18(16(24)13-15)30-12-5-4-7-19(30)29-22-26-10-6-11-27-22/h6,8-11,13,17,19H,4-5,7,12,14,25H2,1-3H3,(H,28,31)(H,26,27,29)/t17-,19-/m0/s1. The number of anilines is 2. The van der Waals surface area contributed by atoms with Crippen molar-refractivity contribution < 1.29 is 18.7 Å². The first kappa shape index (κ1) is 24.4. The third-order valence-corrected chi connectivity index (χ3v) is 5.08. The largest absolute Gasteiger partial charge is 0.459 e. The normalized spacial score (nSPS) is 17.2. The smallest absolute Gasteiger partial charge is 0.325 e. The number of amides is 1. The summed E-state index contributed by atoms with van der Waals surface area (Å²) in [7, 11) is 0. The van der Waals surface area contributed by atoms with Gasteiger partial charge in [0, 0.05) is 31.0 Å². The van der Waals surface area contributed by atoms with Gasteiger partial charge in [0.05, 0.1) is 5.69 Å². The summed E-state index contributed by atoms with van der Waals surface area (Å²) in [6.07, 6.45) is 5.86. The van der Waals surface area contributed by atoms with Crippen LogP contribution in [0.2, 0.25) is 0 Å². The highest BCUT2D eigenvalue weighted by Crippen LogP contribution is 2.28. The average Bonchev–Trinajstić information content (AvgIpc) is 2.77. The minimum atomic E-state index is -1.02. The predicted octanol–water partition coefficient (Wildman–Crippen LogP) is 2.44. The Morgan fingerprint density at radius 1 is 1.27 bits per heavy atom. The van der Waals surface area contributed by atoms with Gasteiger partial charge in [-0.1, -0.05) is 0 Å². The van der Waals surface area contributed by atoms with E-state index >= 15 is 4.39 Å². The van der Waals surface area contributed by atoms with E-state index in [1.165, 1.54) is 6.07 Å². The van der Waals surface area contributed by atoms with Gasteiger partial charge in [0.25, 0.3) is 5.91 Å². The number of hydrogen-bond acceptors (Lipinski definition) is 8. The number of halogens is 1. The second kappa shape index (κ2) is 10.6. The molecule has 1 aromatic heterocycles. The van der Waals surface area contributed by atoms with E-state index in [0.29, 0.717) is 18.2 Å². The molecule has 0 radical (unpaired) electrons. The van der Waals surface area contributed by atoms with Crippen molar-refractivity contribution in [1.29, 1.82) is 0 Å². The van der Waals surface area contributed by atoms with Crippen LogP contribution in [0.3, 0.4) is 0 Å². The van der Waals surface area contributed by atoms with Gasteiger partial charge in [0.1, 0.15) is 23.6 Å². The molecular formula is C23H31FN6O3. The predicted molar refractivity (Wildman–Crippen MR) is 123 cm³/mol. The number of esters is 1. The second-order valence-corrected chi connectivity index (χ2v) is 8.94. The Labute approximate surface area is 192 Å². The summed E-state index contributed by atoms with van der Waals surface area (Å²) in [4.78, 5) is 34.7. The van der Waals surface area contributed by atoms with Gasteiger partial charge in [-0.3, -0.25) is 9.59 Å². The monoisotopic (exact) mass is 458 g/mol. The molecule has 33 heavy (non-hydrogen) atoms. The van der Waals surface area contributed by atoms with E-state index in [1.807, 2.05) is 4.90 Å². The SMILES string of the molecule is CC(C)(C)OC(=O)[C@@H](N)CNC(=O)c1ccc(N2CCCC[C@H]2Nc2ncccn2)c(F)c1. The van der Waals surface area contributed by atoms with E-state index in [4.69, 9.17) is 10.5 Å². The van der Waals surface area contributed by atoms with Crippen LogP contribution < -0.4 is 21.3 Å². The molecule has 1 aromatic carbocycles. The molecule has 9 nitrogen and oxygen atoms in total.